The lowest BCUT2D eigenvalue weighted by Crippen LogP contribution is -2.47. The van der Waals surface area contributed by atoms with Crippen molar-refractivity contribution in [1.82, 2.24) is 5.32 Å². The summed E-state index contributed by atoms with van der Waals surface area (Å²) in [6.45, 7) is 6.86. The zero-order valence-corrected chi connectivity index (χ0v) is 46.0. The number of amides is 1. The van der Waals surface area contributed by atoms with E-state index < -0.39 is 20.0 Å². The van der Waals surface area contributed by atoms with Crippen LogP contribution in [0.2, 0.25) is 0 Å². The number of unbranched alkanes of at least 4 members (excludes halogenated alkanes) is 27. The summed E-state index contributed by atoms with van der Waals surface area (Å²) in [4.78, 5) is 37.5. The zero-order valence-electron chi connectivity index (χ0n) is 45.1. The lowest BCUT2D eigenvalue weighted by atomic mass is 10.0. The van der Waals surface area contributed by atoms with Gasteiger partial charge in [0, 0.05) is 12.8 Å². The number of carbonyl (C=O) groups excluding carboxylic acids is 2. The molecule has 1 amide bonds. The van der Waals surface area contributed by atoms with Gasteiger partial charge in [0.05, 0.1) is 33.8 Å². The predicted molar refractivity (Wildman–Crippen MR) is 291 cm³/mol. The molecule has 10 heteroatoms. The summed E-state index contributed by atoms with van der Waals surface area (Å²) in [5, 5.41) is 3.04. The fourth-order valence-corrected chi connectivity index (χ4v) is 8.59. The van der Waals surface area contributed by atoms with Crippen LogP contribution in [0, 0.1) is 0 Å². The Kier molecular flexibility index (Phi) is 46.7. The Balaban J connectivity index is 5.42. The maximum absolute atomic E-state index is 13.5. The van der Waals surface area contributed by atoms with Gasteiger partial charge in [-0.05, 0) is 83.1 Å². The van der Waals surface area contributed by atoms with Crippen molar-refractivity contribution in [2.24, 2.45) is 0 Å². The number of allylic oxidation sites excluding steroid dienone is 9. The number of nitrogens with zero attached hydrogens (tertiary/aromatic N) is 1. The van der Waals surface area contributed by atoms with Gasteiger partial charge in [-0.1, -0.05) is 210 Å². The maximum Gasteiger partial charge on any atom is 0.472 e. The first kappa shape index (κ1) is 65.7. The van der Waals surface area contributed by atoms with Crippen LogP contribution in [0.4, 0.5) is 0 Å². The van der Waals surface area contributed by atoms with Crippen molar-refractivity contribution < 1.29 is 37.3 Å². The number of hydrogen-bond donors (Lipinski definition) is 2. The van der Waals surface area contributed by atoms with E-state index >= 15 is 0 Å². The van der Waals surface area contributed by atoms with Crippen molar-refractivity contribution in [2.75, 3.05) is 40.9 Å². The third-order valence-corrected chi connectivity index (χ3v) is 13.2. The Morgan fingerprint density at radius 3 is 1.51 bits per heavy atom. The number of phosphoric acid groups is 1. The number of phosphoric ester groups is 1. The molecule has 0 bridgehead atoms. The standard InChI is InChI=1S/C58H107N2O7P/c1-7-10-13-16-19-22-25-28-30-33-36-39-42-45-48-51-58(62)67-56(49-46-43-40-37-34-31-27-24-21-18-15-12-9-3)55(54-66-68(63,64)65-53-52-60(4,5)6)59-57(61)50-47-44-41-38-35-32-29-26-23-20-17-14-11-8-2/h11,14,19-20,22-23,25,28,46,49,55-56H,7-10,12-13,15-18,21,24,26-27,29-45,47-48,50-54H2,1-6H3,(H-,59,61,63,64)/p+1/b14-11+,22-19+,23-20+,28-25+,49-46+. The predicted octanol–water partition coefficient (Wildman–Crippen LogP) is 16.7. The summed E-state index contributed by atoms with van der Waals surface area (Å²) in [5.41, 5.74) is 0. The first-order valence-corrected chi connectivity index (χ1v) is 29.6. The highest BCUT2D eigenvalue weighted by molar-refractivity contribution is 7.47. The molecule has 9 nitrogen and oxygen atoms in total. The van der Waals surface area contributed by atoms with Crippen molar-refractivity contribution in [1.29, 1.82) is 0 Å². The second-order valence-electron chi connectivity index (χ2n) is 20.1. The van der Waals surface area contributed by atoms with Gasteiger partial charge in [-0.3, -0.25) is 18.6 Å². The fraction of sp³-hybridized carbons (Fsp3) is 0.793. The molecule has 0 radical (unpaired) electrons. The number of rotatable bonds is 50. The lowest BCUT2D eigenvalue weighted by molar-refractivity contribution is -0.870. The summed E-state index contributed by atoms with van der Waals surface area (Å²) in [5.74, 6) is -0.528. The molecule has 0 heterocycles. The van der Waals surface area contributed by atoms with Crippen molar-refractivity contribution >= 4 is 19.7 Å². The van der Waals surface area contributed by atoms with Gasteiger partial charge < -0.3 is 19.4 Å². The topological polar surface area (TPSA) is 111 Å². The summed E-state index contributed by atoms with van der Waals surface area (Å²) in [7, 11) is 1.48. The lowest BCUT2D eigenvalue weighted by Gasteiger charge is -2.27. The molecule has 0 aromatic rings. The SMILES string of the molecule is CC/C=C/C/C=C/CCCCCCCCCC(=O)NC(COP(=O)(O)OCC[N+](C)(C)C)C(/C=C/CCCCCCCCCCCCC)OC(=O)CCCCCCCC/C=C/C=C/CCCCC. The van der Waals surface area contributed by atoms with Crippen LogP contribution in [0.1, 0.15) is 245 Å². The van der Waals surface area contributed by atoms with Crippen LogP contribution in [0.5, 0.6) is 0 Å². The summed E-state index contributed by atoms with van der Waals surface area (Å²) in [6, 6.07) is -0.857. The summed E-state index contributed by atoms with van der Waals surface area (Å²) < 4.78 is 30.6. The Bertz CT molecular complexity index is 1350. The average Bonchev–Trinajstić information content (AvgIpc) is 3.29. The van der Waals surface area contributed by atoms with Crippen LogP contribution < -0.4 is 5.32 Å². The van der Waals surface area contributed by atoms with Crippen LogP contribution in [-0.2, 0) is 27.9 Å². The second kappa shape index (κ2) is 48.3. The van der Waals surface area contributed by atoms with Gasteiger partial charge in [0.25, 0.3) is 0 Å². The molecule has 0 aliphatic rings. The van der Waals surface area contributed by atoms with Crippen LogP contribution in [-0.4, -0.2) is 74.3 Å². The Labute approximate surface area is 420 Å². The van der Waals surface area contributed by atoms with Gasteiger partial charge in [-0.25, -0.2) is 4.57 Å². The molecule has 0 spiro atoms. The number of hydrogen-bond acceptors (Lipinski definition) is 6. The monoisotopic (exact) mass is 976 g/mol. The Morgan fingerprint density at radius 2 is 0.985 bits per heavy atom. The van der Waals surface area contributed by atoms with E-state index in [0.29, 0.717) is 17.4 Å². The molecule has 396 valence electrons. The minimum absolute atomic E-state index is 0.0352. The molecule has 3 atom stereocenters. The van der Waals surface area contributed by atoms with E-state index in [1.54, 1.807) is 0 Å². The van der Waals surface area contributed by atoms with Crippen molar-refractivity contribution in [3.8, 4) is 0 Å². The molecule has 0 aromatic heterocycles. The summed E-state index contributed by atoms with van der Waals surface area (Å²) in [6.07, 6.45) is 59.2. The molecule has 0 saturated carbocycles. The smallest absolute Gasteiger partial charge is 0.456 e. The van der Waals surface area contributed by atoms with Gasteiger partial charge in [0.2, 0.25) is 5.91 Å². The average molecular weight is 976 g/mol. The van der Waals surface area contributed by atoms with Gasteiger partial charge in [0.1, 0.15) is 19.3 Å². The van der Waals surface area contributed by atoms with Crippen molar-refractivity contribution in [2.45, 2.75) is 258 Å². The van der Waals surface area contributed by atoms with E-state index in [-0.39, 0.29) is 31.5 Å². The number of quaternary nitrogens is 1. The first-order chi connectivity index (χ1) is 32.9. The number of likely N-dealkylation sites (N-methyl/N-ethyl adjacent to an activating group) is 1. The maximum atomic E-state index is 13.5. The van der Waals surface area contributed by atoms with Gasteiger partial charge in [-0.2, -0.15) is 0 Å². The highest BCUT2D eigenvalue weighted by atomic mass is 31.2. The number of nitrogens with one attached hydrogen (secondary N) is 1. The third-order valence-electron chi connectivity index (χ3n) is 12.2. The third kappa shape index (κ3) is 48.7. The summed E-state index contributed by atoms with van der Waals surface area (Å²) >= 11 is 0. The quantitative estimate of drug-likeness (QED) is 0.0156. The van der Waals surface area contributed by atoms with E-state index in [4.69, 9.17) is 13.8 Å². The molecule has 0 saturated heterocycles. The molecule has 0 aromatic carbocycles. The van der Waals surface area contributed by atoms with E-state index in [2.05, 4.69) is 74.7 Å². The van der Waals surface area contributed by atoms with E-state index in [0.717, 1.165) is 103 Å². The first-order valence-electron chi connectivity index (χ1n) is 28.1. The molecule has 3 unspecified atom stereocenters. The van der Waals surface area contributed by atoms with Crippen molar-refractivity contribution in [3.63, 3.8) is 0 Å². The highest BCUT2D eigenvalue weighted by Crippen LogP contribution is 2.43. The molecule has 0 aliphatic heterocycles. The van der Waals surface area contributed by atoms with Crippen molar-refractivity contribution in [3.05, 3.63) is 60.8 Å². The number of esters is 1. The van der Waals surface area contributed by atoms with Crippen LogP contribution in [0.3, 0.4) is 0 Å². The number of carbonyl (C=O) groups is 2. The number of ether oxygens (including phenoxy) is 1. The molecule has 0 fully saturated rings. The molecule has 0 rings (SSSR count). The van der Waals surface area contributed by atoms with Gasteiger partial charge >= 0.3 is 13.8 Å². The highest BCUT2D eigenvalue weighted by Gasteiger charge is 2.30. The molecule has 0 aliphatic carbocycles. The van der Waals surface area contributed by atoms with E-state index in [1.807, 2.05) is 33.3 Å². The van der Waals surface area contributed by atoms with Crippen LogP contribution >= 0.6 is 7.82 Å². The fourth-order valence-electron chi connectivity index (χ4n) is 7.85. The van der Waals surface area contributed by atoms with Crippen LogP contribution in [0.25, 0.3) is 0 Å². The molecular weight excluding hydrogens is 868 g/mol. The zero-order chi connectivity index (χ0) is 50.1. The van der Waals surface area contributed by atoms with Crippen LogP contribution in [0.15, 0.2) is 60.8 Å². The molecule has 68 heavy (non-hydrogen) atoms. The van der Waals surface area contributed by atoms with E-state index in [9.17, 15) is 19.0 Å². The minimum atomic E-state index is -4.45. The Hall–Kier alpha value is -2.29. The molecular formula is C58H108N2O7P+. The van der Waals surface area contributed by atoms with Gasteiger partial charge in [0.15, 0.2) is 0 Å². The Morgan fingerprint density at radius 1 is 0.544 bits per heavy atom. The molecule has 2 N–H and O–H groups in total. The minimum Gasteiger partial charge on any atom is -0.456 e. The van der Waals surface area contributed by atoms with E-state index in [1.165, 1.54) is 109 Å². The van der Waals surface area contributed by atoms with Gasteiger partial charge in [-0.15, -0.1) is 0 Å². The largest absolute Gasteiger partial charge is 0.472 e. The second-order valence-corrected chi connectivity index (χ2v) is 21.6. The normalized spacial score (nSPS) is 14.3.